The number of hydrogen-bond acceptors (Lipinski definition) is 5. The molecule has 0 bridgehead atoms. The molecular formula is C12H14ClN3O3S. The van der Waals surface area contributed by atoms with E-state index in [4.69, 9.17) is 15.4 Å². The predicted molar refractivity (Wildman–Crippen MR) is 74.3 cm³/mol. The Kier molecular flexibility index (Phi) is 4.01. The lowest BCUT2D eigenvalue weighted by molar-refractivity contribution is 0.289. The third kappa shape index (κ3) is 3.10. The molecule has 1 heterocycles. The maximum Gasteiger partial charge on any atom is 0.261 e. The van der Waals surface area contributed by atoms with E-state index in [-0.39, 0.29) is 11.5 Å². The molecule has 0 saturated carbocycles. The van der Waals surface area contributed by atoms with Gasteiger partial charge in [-0.2, -0.15) is 5.10 Å². The van der Waals surface area contributed by atoms with Crippen LogP contribution in [-0.4, -0.2) is 23.2 Å². The number of rotatable bonds is 4. The molecule has 0 N–H and O–H groups in total. The minimum atomic E-state index is -3.76. The molecule has 2 aromatic rings. The molecule has 0 unspecified atom stereocenters. The van der Waals surface area contributed by atoms with Gasteiger partial charge >= 0.3 is 0 Å². The standard InChI is InChI=1S/C12H14ClN3O3S/c1-8-4-10(5-9(2)12(8)20(13,17)18)19-6-11-14-7-15-16(11)3/h4-5,7H,6H2,1-3H3. The molecule has 8 heteroatoms. The van der Waals surface area contributed by atoms with Gasteiger partial charge in [0.25, 0.3) is 9.05 Å². The fraction of sp³-hybridized carbons (Fsp3) is 0.333. The van der Waals surface area contributed by atoms with E-state index >= 15 is 0 Å². The minimum absolute atomic E-state index is 0.130. The summed E-state index contributed by atoms with van der Waals surface area (Å²) in [7, 11) is 3.42. The molecule has 2 rings (SSSR count). The summed E-state index contributed by atoms with van der Waals surface area (Å²) < 4.78 is 30.2. The molecule has 6 nitrogen and oxygen atoms in total. The molecule has 0 fully saturated rings. The van der Waals surface area contributed by atoms with E-state index < -0.39 is 9.05 Å². The lowest BCUT2D eigenvalue weighted by Crippen LogP contribution is -2.05. The van der Waals surface area contributed by atoms with Gasteiger partial charge in [-0.15, -0.1) is 0 Å². The number of aromatic nitrogens is 3. The Balaban J connectivity index is 2.25. The zero-order chi connectivity index (χ0) is 14.9. The Hall–Kier alpha value is -1.60. The number of nitrogens with zero attached hydrogens (tertiary/aromatic N) is 3. The fourth-order valence-corrected chi connectivity index (χ4v) is 3.59. The summed E-state index contributed by atoms with van der Waals surface area (Å²) in [4.78, 5) is 4.17. The second-order valence-corrected chi connectivity index (χ2v) is 6.92. The fourth-order valence-electron chi connectivity index (χ4n) is 1.98. The van der Waals surface area contributed by atoms with Crippen LogP contribution >= 0.6 is 10.7 Å². The monoisotopic (exact) mass is 315 g/mol. The summed E-state index contributed by atoms with van der Waals surface area (Å²) in [5.41, 5.74) is 1.10. The Morgan fingerprint density at radius 3 is 2.35 bits per heavy atom. The van der Waals surface area contributed by atoms with E-state index in [2.05, 4.69) is 10.1 Å². The molecule has 0 amide bonds. The van der Waals surface area contributed by atoms with Crippen LogP contribution < -0.4 is 4.74 Å². The molecule has 0 atom stereocenters. The highest BCUT2D eigenvalue weighted by atomic mass is 35.7. The van der Waals surface area contributed by atoms with E-state index in [0.717, 1.165) is 0 Å². The van der Waals surface area contributed by atoms with Gasteiger partial charge in [0.15, 0.2) is 5.82 Å². The van der Waals surface area contributed by atoms with Gasteiger partial charge in [-0.05, 0) is 37.1 Å². The normalized spacial score (nSPS) is 11.6. The van der Waals surface area contributed by atoms with Crippen LogP contribution in [0.25, 0.3) is 0 Å². The summed E-state index contributed by atoms with van der Waals surface area (Å²) in [6.45, 7) is 3.61. The second kappa shape index (κ2) is 5.41. The van der Waals surface area contributed by atoms with Crippen LogP contribution in [0.5, 0.6) is 5.75 Å². The van der Waals surface area contributed by atoms with Crippen molar-refractivity contribution in [3.63, 3.8) is 0 Å². The molecule has 108 valence electrons. The van der Waals surface area contributed by atoms with Crippen LogP contribution in [0.15, 0.2) is 23.4 Å². The molecule has 0 aliphatic rings. The van der Waals surface area contributed by atoms with Crippen LogP contribution in [0.4, 0.5) is 0 Å². The Morgan fingerprint density at radius 2 is 1.90 bits per heavy atom. The highest BCUT2D eigenvalue weighted by Crippen LogP contribution is 2.28. The second-order valence-electron chi connectivity index (χ2n) is 4.41. The number of hydrogen-bond donors (Lipinski definition) is 0. The first kappa shape index (κ1) is 14.8. The van der Waals surface area contributed by atoms with E-state index in [1.54, 1.807) is 37.7 Å². The highest BCUT2D eigenvalue weighted by molar-refractivity contribution is 8.13. The average Bonchev–Trinajstić information content (AvgIpc) is 2.69. The van der Waals surface area contributed by atoms with Gasteiger partial charge in [0.1, 0.15) is 18.7 Å². The van der Waals surface area contributed by atoms with Crippen molar-refractivity contribution in [2.24, 2.45) is 7.05 Å². The zero-order valence-corrected chi connectivity index (χ0v) is 12.9. The first-order valence-electron chi connectivity index (χ1n) is 5.80. The minimum Gasteiger partial charge on any atom is -0.486 e. The van der Waals surface area contributed by atoms with Gasteiger partial charge < -0.3 is 4.74 Å². The van der Waals surface area contributed by atoms with Gasteiger partial charge in [0.2, 0.25) is 0 Å². The van der Waals surface area contributed by atoms with Crippen molar-refractivity contribution in [1.29, 1.82) is 0 Å². The van der Waals surface area contributed by atoms with Crippen molar-refractivity contribution < 1.29 is 13.2 Å². The Morgan fingerprint density at radius 1 is 1.30 bits per heavy atom. The molecular weight excluding hydrogens is 302 g/mol. The SMILES string of the molecule is Cc1cc(OCc2ncnn2C)cc(C)c1S(=O)(=O)Cl. The first-order valence-corrected chi connectivity index (χ1v) is 8.11. The van der Waals surface area contributed by atoms with Crippen LogP contribution in [0.2, 0.25) is 0 Å². The lowest BCUT2D eigenvalue weighted by Gasteiger charge is -2.11. The first-order chi connectivity index (χ1) is 9.29. The van der Waals surface area contributed by atoms with Crippen LogP contribution in [-0.2, 0) is 22.7 Å². The van der Waals surface area contributed by atoms with Crippen molar-refractivity contribution in [2.75, 3.05) is 0 Å². The summed E-state index contributed by atoms with van der Waals surface area (Å²) in [5.74, 6) is 1.24. The van der Waals surface area contributed by atoms with Gasteiger partial charge in [0, 0.05) is 17.7 Å². The highest BCUT2D eigenvalue weighted by Gasteiger charge is 2.18. The molecule has 0 radical (unpaired) electrons. The Bertz CT molecular complexity index is 717. The quantitative estimate of drug-likeness (QED) is 0.806. The van der Waals surface area contributed by atoms with Crippen molar-refractivity contribution in [3.05, 3.63) is 35.4 Å². The molecule has 1 aromatic heterocycles. The zero-order valence-electron chi connectivity index (χ0n) is 11.3. The van der Waals surface area contributed by atoms with Gasteiger partial charge in [-0.3, -0.25) is 4.68 Å². The van der Waals surface area contributed by atoms with Gasteiger partial charge in [0.05, 0.1) is 4.90 Å². The maximum atomic E-state index is 11.5. The third-order valence-corrected chi connectivity index (χ3v) is 4.45. The number of aryl methyl sites for hydroxylation is 3. The van der Waals surface area contributed by atoms with E-state index in [1.165, 1.54) is 6.33 Å². The number of benzene rings is 1. The van der Waals surface area contributed by atoms with E-state index in [9.17, 15) is 8.42 Å². The number of halogens is 1. The summed E-state index contributed by atoms with van der Waals surface area (Å²) in [5, 5.41) is 3.94. The molecule has 0 saturated heterocycles. The third-order valence-electron chi connectivity index (χ3n) is 2.85. The van der Waals surface area contributed by atoms with Crippen LogP contribution in [0.1, 0.15) is 17.0 Å². The van der Waals surface area contributed by atoms with E-state index in [0.29, 0.717) is 22.7 Å². The van der Waals surface area contributed by atoms with Crippen LogP contribution in [0.3, 0.4) is 0 Å². The van der Waals surface area contributed by atoms with Crippen molar-refractivity contribution in [2.45, 2.75) is 25.3 Å². The van der Waals surface area contributed by atoms with Crippen molar-refractivity contribution in [1.82, 2.24) is 14.8 Å². The van der Waals surface area contributed by atoms with Crippen molar-refractivity contribution >= 4 is 19.7 Å². The maximum absolute atomic E-state index is 11.5. The Labute approximate surface area is 121 Å². The number of ether oxygens (including phenoxy) is 1. The molecule has 1 aromatic carbocycles. The van der Waals surface area contributed by atoms with E-state index in [1.807, 2.05) is 0 Å². The summed E-state index contributed by atoms with van der Waals surface area (Å²) in [6, 6.07) is 3.28. The summed E-state index contributed by atoms with van der Waals surface area (Å²) >= 11 is 0. The van der Waals surface area contributed by atoms with Gasteiger partial charge in [-0.25, -0.2) is 13.4 Å². The lowest BCUT2D eigenvalue weighted by atomic mass is 10.1. The topological polar surface area (TPSA) is 74.1 Å². The smallest absolute Gasteiger partial charge is 0.261 e. The largest absolute Gasteiger partial charge is 0.486 e. The molecule has 0 aliphatic heterocycles. The van der Waals surface area contributed by atoms with Crippen LogP contribution in [0, 0.1) is 13.8 Å². The predicted octanol–water partition coefficient (Wildman–Crippen LogP) is 1.94. The molecule has 0 aliphatic carbocycles. The summed E-state index contributed by atoms with van der Waals surface area (Å²) in [6.07, 6.45) is 1.44. The van der Waals surface area contributed by atoms with Crippen molar-refractivity contribution in [3.8, 4) is 5.75 Å². The molecule has 20 heavy (non-hydrogen) atoms. The molecule has 0 spiro atoms. The average molecular weight is 316 g/mol. The van der Waals surface area contributed by atoms with Gasteiger partial charge in [-0.1, -0.05) is 0 Å².